The number of carbonyl (C=O) groups is 2. The Bertz CT molecular complexity index is 2800. The molecule has 1 fully saturated rings. The van der Waals surface area contributed by atoms with E-state index < -0.39 is 29.2 Å². The molecule has 0 unspecified atom stereocenters. The molecule has 0 atom stereocenters. The summed E-state index contributed by atoms with van der Waals surface area (Å²) in [6.07, 6.45) is -1.12. The maximum absolute atomic E-state index is 13.7. The number of alkyl halides is 3. The molecule has 1 aliphatic rings. The SMILES string of the molecule is Cc1cc(OCCCc2c(C(=O)O)n(CCN3CCOCC3)c3c(-c4ccccc4Cn4cc(CCNC(=O)c5ccccc5C(F)(F)F)c5ccccc54)cccc23)cc(C)c1Cl. The van der Waals surface area contributed by atoms with Crippen LogP contribution in [-0.2, 0) is 36.8 Å². The summed E-state index contributed by atoms with van der Waals surface area (Å²) in [4.78, 5) is 28.6. The Hall–Kier alpha value is -6.08. The average Bonchev–Trinajstić information content (AvgIpc) is 3.81. The molecule has 64 heavy (non-hydrogen) atoms. The molecule has 2 aromatic heterocycles. The number of rotatable bonds is 16. The number of hydrogen-bond donors (Lipinski definition) is 2. The first-order chi connectivity index (χ1) is 30.9. The summed E-state index contributed by atoms with van der Waals surface area (Å²) in [5, 5.41) is 16.2. The summed E-state index contributed by atoms with van der Waals surface area (Å²) < 4.78 is 56.9. The van der Waals surface area contributed by atoms with E-state index in [0.29, 0.717) is 63.7 Å². The minimum Gasteiger partial charge on any atom is -0.494 e. The van der Waals surface area contributed by atoms with Gasteiger partial charge >= 0.3 is 12.1 Å². The Kier molecular flexibility index (Phi) is 13.5. The number of aryl methyl sites for hydroxylation is 3. The van der Waals surface area contributed by atoms with E-state index in [-0.39, 0.29) is 12.2 Å². The van der Waals surface area contributed by atoms with Gasteiger partial charge in [0, 0.05) is 72.3 Å². The molecule has 1 amide bonds. The van der Waals surface area contributed by atoms with Crippen molar-refractivity contribution >= 4 is 45.3 Å². The van der Waals surface area contributed by atoms with E-state index in [4.69, 9.17) is 21.1 Å². The molecular weight excluding hydrogens is 841 g/mol. The number of halogens is 4. The van der Waals surface area contributed by atoms with Crippen LogP contribution in [0.15, 0.2) is 109 Å². The van der Waals surface area contributed by atoms with Crippen molar-refractivity contribution < 1.29 is 37.3 Å². The van der Waals surface area contributed by atoms with E-state index >= 15 is 0 Å². The summed E-state index contributed by atoms with van der Waals surface area (Å²) >= 11 is 6.40. The Morgan fingerprint density at radius 2 is 1.52 bits per heavy atom. The molecule has 1 aliphatic heterocycles. The molecule has 0 spiro atoms. The highest BCUT2D eigenvalue weighted by Crippen LogP contribution is 2.38. The Balaban J connectivity index is 1.11. The Morgan fingerprint density at radius 1 is 0.828 bits per heavy atom. The highest BCUT2D eigenvalue weighted by atomic mass is 35.5. The van der Waals surface area contributed by atoms with Gasteiger partial charge in [-0.2, -0.15) is 13.2 Å². The predicted molar refractivity (Wildman–Crippen MR) is 245 cm³/mol. The maximum atomic E-state index is 13.7. The molecular formula is C51H50ClF3N4O5. The van der Waals surface area contributed by atoms with Crippen LogP contribution in [0.25, 0.3) is 32.9 Å². The zero-order valence-corrected chi connectivity index (χ0v) is 36.6. The average molecular weight is 891 g/mol. The second-order valence-electron chi connectivity index (χ2n) is 16.3. The normalized spacial score (nSPS) is 13.5. The standard InChI is InChI=1S/C51H50ClF3N4O5/c1-33-29-37(30-34(2)46(33)52)64-26-10-17-42-41-16-9-15-40(47(41)59(48(42)50(61)62)23-22-57-24-27-63-28-25-57)38-12-4-3-11-35(38)31-58-32-36(39-13-6-8-19-45(39)58)20-21-56-49(60)43-14-5-7-18-44(43)51(53,54)55/h3-9,11-16,18-19,29-30,32H,10,17,20-28,31H2,1-2H3,(H,56,60)(H,61,62). The van der Waals surface area contributed by atoms with Crippen LogP contribution in [0.5, 0.6) is 5.75 Å². The lowest BCUT2D eigenvalue weighted by Gasteiger charge is -2.27. The smallest absolute Gasteiger partial charge is 0.417 e. The molecule has 0 radical (unpaired) electrons. The molecule has 332 valence electrons. The lowest BCUT2D eigenvalue weighted by Crippen LogP contribution is -2.38. The number of nitrogens with zero attached hydrogens (tertiary/aromatic N) is 3. The monoisotopic (exact) mass is 890 g/mol. The molecule has 1 saturated heterocycles. The maximum Gasteiger partial charge on any atom is 0.417 e. The highest BCUT2D eigenvalue weighted by Gasteiger charge is 2.35. The topological polar surface area (TPSA) is 98.0 Å². The molecule has 0 aliphatic carbocycles. The van der Waals surface area contributed by atoms with Gasteiger partial charge in [-0.15, -0.1) is 0 Å². The summed E-state index contributed by atoms with van der Waals surface area (Å²) in [7, 11) is 0. The zero-order valence-electron chi connectivity index (χ0n) is 35.8. The van der Waals surface area contributed by atoms with Gasteiger partial charge in [0.2, 0.25) is 0 Å². The van der Waals surface area contributed by atoms with Crippen LogP contribution < -0.4 is 10.1 Å². The van der Waals surface area contributed by atoms with E-state index in [1.165, 1.54) is 18.2 Å². The minimum absolute atomic E-state index is 0.139. The van der Waals surface area contributed by atoms with Gasteiger partial charge in [0.25, 0.3) is 5.91 Å². The van der Waals surface area contributed by atoms with Crippen LogP contribution >= 0.6 is 11.6 Å². The van der Waals surface area contributed by atoms with E-state index in [1.54, 1.807) is 0 Å². The van der Waals surface area contributed by atoms with Gasteiger partial charge in [-0.3, -0.25) is 9.69 Å². The first-order valence-corrected chi connectivity index (χ1v) is 21.9. The van der Waals surface area contributed by atoms with E-state index in [0.717, 1.165) is 85.7 Å². The fourth-order valence-electron chi connectivity index (χ4n) is 9.00. The first-order valence-electron chi connectivity index (χ1n) is 21.6. The number of carboxylic acid groups (broad SMARTS) is 1. The van der Waals surface area contributed by atoms with Gasteiger partial charge in [-0.1, -0.05) is 84.4 Å². The number of fused-ring (bicyclic) bond motifs is 2. The lowest BCUT2D eigenvalue weighted by atomic mass is 9.96. The molecule has 13 heteroatoms. The van der Waals surface area contributed by atoms with Crippen molar-refractivity contribution in [2.45, 2.75) is 52.4 Å². The van der Waals surface area contributed by atoms with Crippen molar-refractivity contribution in [3.63, 3.8) is 0 Å². The highest BCUT2D eigenvalue weighted by molar-refractivity contribution is 6.32. The van der Waals surface area contributed by atoms with Crippen LogP contribution in [0.2, 0.25) is 5.02 Å². The number of nitrogens with one attached hydrogen (secondary N) is 1. The van der Waals surface area contributed by atoms with Gasteiger partial charge in [-0.05, 0) is 96.8 Å². The number of carboxylic acids is 1. The van der Waals surface area contributed by atoms with Crippen LogP contribution in [-0.4, -0.2) is 77.0 Å². The fraction of sp³-hybridized carbons (Fsp3) is 0.294. The predicted octanol–water partition coefficient (Wildman–Crippen LogP) is 10.6. The third-order valence-corrected chi connectivity index (χ3v) is 12.7. The van der Waals surface area contributed by atoms with Crippen LogP contribution in [0.4, 0.5) is 13.2 Å². The van der Waals surface area contributed by atoms with Crippen molar-refractivity contribution in [3.8, 4) is 16.9 Å². The quantitative estimate of drug-likeness (QED) is 0.0938. The molecule has 9 nitrogen and oxygen atoms in total. The second kappa shape index (κ2) is 19.3. The Morgan fingerprint density at radius 3 is 2.28 bits per heavy atom. The number of para-hydroxylation sites is 2. The number of amides is 1. The number of aromatic nitrogens is 2. The van der Waals surface area contributed by atoms with Crippen LogP contribution in [0, 0.1) is 13.8 Å². The largest absolute Gasteiger partial charge is 0.494 e. The van der Waals surface area contributed by atoms with Gasteiger partial charge in [0.05, 0.1) is 36.5 Å². The molecule has 7 aromatic rings. The molecule has 3 heterocycles. The number of morpholine rings is 1. The van der Waals surface area contributed by atoms with E-state index in [2.05, 4.69) is 33.0 Å². The lowest BCUT2D eigenvalue weighted by molar-refractivity contribution is -0.137. The Labute approximate surface area is 375 Å². The van der Waals surface area contributed by atoms with Crippen molar-refractivity contribution in [1.29, 1.82) is 0 Å². The molecule has 0 bridgehead atoms. The summed E-state index contributed by atoms with van der Waals surface area (Å²) in [5.41, 5.74) is 7.21. The summed E-state index contributed by atoms with van der Waals surface area (Å²) in [5.74, 6) is -1.03. The number of benzene rings is 5. The van der Waals surface area contributed by atoms with Crippen molar-refractivity contribution in [2.75, 3.05) is 46.0 Å². The van der Waals surface area contributed by atoms with Crippen LogP contribution in [0.3, 0.4) is 0 Å². The summed E-state index contributed by atoms with van der Waals surface area (Å²) in [6.45, 7) is 8.86. The minimum atomic E-state index is -4.65. The third-order valence-electron chi connectivity index (χ3n) is 12.1. The van der Waals surface area contributed by atoms with Crippen molar-refractivity contribution in [2.24, 2.45) is 0 Å². The number of carbonyl (C=O) groups excluding carboxylic acids is 1. The second-order valence-corrected chi connectivity index (χ2v) is 16.6. The van der Waals surface area contributed by atoms with Gasteiger partial charge in [-0.25, -0.2) is 4.79 Å². The van der Waals surface area contributed by atoms with Gasteiger partial charge < -0.3 is 29.0 Å². The zero-order chi connectivity index (χ0) is 45.0. The van der Waals surface area contributed by atoms with Crippen molar-refractivity contribution in [3.05, 3.63) is 159 Å². The third kappa shape index (κ3) is 9.55. The summed E-state index contributed by atoms with van der Waals surface area (Å²) in [6, 6.07) is 30.8. The van der Waals surface area contributed by atoms with Gasteiger partial charge in [0.15, 0.2) is 0 Å². The number of aromatic carboxylic acids is 1. The number of hydrogen-bond acceptors (Lipinski definition) is 5. The molecule has 0 saturated carbocycles. The molecule has 5 aromatic carbocycles. The molecule has 2 N–H and O–H groups in total. The van der Waals surface area contributed by atoms with E-state index in [9.17, 15) is 27.9 Å². The van der Waals surface area contributed by atoms with E-state index in [1.807, 2.05) is 85.3 Å². The first kappa shape index (κ1) is 44.5. The molecule has 8 rings (SSSR count). The fourth-order valence-corrected chi connectivity index (χ4v) is 9.11. The number of ether oxygens (including phenoxy) is 2. The van der Waals surface area contributed by atoms with Crippen LogP contribution in [0.1, 0.15) is 60.6 Å². The van der Waals surface area contributed by atoms with Gasteiger partial charge in [0.1, 0.15) is 11.4 Å². The van der Waals surface area contributed by atoms with Crippen molar-refractivity contribution in [1.82, 2.24) is 19.4 Å².